The van der Waals surface area contributed by atoms with Crippen LogP contribution in [0.15, 0.2) is 49.1 Å². The van der Waals surface area contributed by atoms with Crippen LogP contribution in [0.3, 0.4) is 0 Å². The molecule has 304 valence electrons. The second kappa shape index (κ2) is 33.2. The molecule has 0 aromatic carbocycles. The summed E-state index contributed by atoms with van der Waals surface area (Å²) in [6.45, 7) is 6.42. The second-order valence-corrected chi connectivity index (χ2v) is 16.1. The summed E-state index contributed by atoms with van der Waals surface area (Å²) in [5.74, 6) is 1.49. The fourth-order valence-electron chi connectivity index (χ4n) is 7.17. The lowest BCUT2D eigenvalue weighted by Gasteiger charge is -2.29. The van der Waals surface area contributed by atoms with E-state index in [9.17, 15) is 10.2 Å². The van der Waals surface area contributed by atoms with Crippen molar-refractivity contribution in [3.8, 4) is 11.5 Å². The van der Waals surface area contributed by atoms with E-state index in [1.165, 1.54) is 167 Å². The van der Waals surface area contributed by atoms with Crippen molar-refractivity contribution in [2.75, 3.05) is 26.4 Å². The Morgan fingerprint density at radius 1 is 0.434 bits per heavy atom. The Kier molecular flexibility index (Phi) is 29.4. The molecular weight excluding hydrogens is 657 g/mol. The Hall–Kier alpha value is -2.18. The molecule has 6 heteroatoms. The van der Waals surface area contributed by atoms with Crippen molar-refractivity contribution in [1.29, 1.82) is 0 Å². The third-order valence-electron chi connectivity index (χ3n) is 11.0. The van der Waals surface area contributed by atoms with Gasteiger partial charge >= 0.3 is 0 Å². The predicted octanol–water partition coefficient (Wildman–Crippen LogP) is 11.7. The zero-order valence-corrected chi connectivity index (χ0v) is 34.8. The number of unbranched alkanes of at least 4 members (excludes halogenated alkanes) is 26. The number of aliphatic hydroxyl groups excluding tert-OH is 2. The van der Waals surface area contributed by atoms with E-state index >= 15 is 0 Å². The minimum absolute atomic E-state index is 0.175. The van der Waals surface area contributed by atoms with Crippen LogP contribution in [0.4, 0.5) is 0 Å². The minimum atomic E-state index is -0.898. The van der Waals surface area contributed by atoms with Gasteiger partial charge in [0.15, 0.2) is 23.9 Å². The van der Waals surface area contributed by atoms with Crippen molar-refractivity contribution in [2.45, 2.75) is 207 Å². The quantitative estimate of drug-likeness (QED) is 0.0531. The molecule has 2 aromatic rings. The van der Waals surface area contributed by atoms with Gasteiger partial charge in [0, 0.05) is 25.0 Å². The van der Waals surface area contributed by atoms with E-state index in [2.05, 4.69) is 35.4 Å². The SMILES string of the molecule is CCCCCCCCCCCCCCCC[n+]1cccc(OCC(CO)(CO)COc2ccc[n+](CCCCCCCCCCCCCCCC)c2)c1. The molecule has 0 saturated heterocycles. The van der Waals surface area contributed by atoms with Crippen molar-refractivity contribution in [3.05, 3.63) is 49.1 Å². The highest BCUT2D eigenvalue weighted by Gasteiger charge is 2.32. The predicted molar refractivity (Wildman–Crippen MR) is 221 cm³/mol. The van der Waals surface area contributed by atoms with Crippen LogP contribution in [0, 0.1) is 5.41 Å². The first-order chi connectivity index (χ1) is 26.1. The Balaban J connectivity index is 1.58. The fraction of sp³-hybridized carbons (Fsp3) is 0.787. The number of aliphatic hydroxyl groups is 2. The maximum Gasteiger partial charge on any atom is 0.211 e. The summed E-state index contributed by atoms with van der Waals surface area (Å²) >= 11 is 0. The molecule has 0 atom stereocenters. The molecule has 2 heterocycles. The van der Waals surface area contributed by atoms with Gasteiger partial charge in [0.05, 0.1) is 18.6 Å². The maximum atomic E-state index is 10.3. The zero-order valence-electron chi connectivity index (χ0n) is 34.8. The number of pyridine rings is 2. The summed E-state index contributed by atoms with van der Waals surface area (Å²) in [6, 6.07) is 7.91. The van der Waals surface area contributed by atoms with Gasteiger partial charge in [0.2, 0.25) is 12.4 Å². The molecule has 0 radical (unpaired) electrons. The van der Waals surface area contributed by atoms with Crippen LogP contribution >= 0.6 is 0 Å². The summed E-state index contributed by atoms with van der Waals surface area (Å²) < 4.78 is 16.7. The van der Waals surface area contributed by atoms with Gasteiger partial charge in [0.25, 0.3) is 0 Å². The van der Waals surface area contributed by atoms with E-state index in [-0.39, 0.29) is 26.4 Å². The van der Waals surface area contributed by atoms with E-state index in [1.54, 1.807) is 0 Å². The number of hydrogen-bond donors (Lipinski definition) is 2. The summed E-state index contributed by atoms with van der Waals surface area (Å²) in [6.07, 6.45) is 46.4. The smallest absolute Gasteiger partial charge is 0.211 e. The summed E-state index contributed by atoms with van der Waals surface area (Å²) in [5.41, 5.74) is -0.898. The number of aromatic nitrogens is 2. The highest BCUT2D eigenvalue weighted by atomic mass is 16.5. The number of rotatable bonds is 38. The molecule has 6 nitrogen and oxygen atoms in total. The van der Waals surface area contributed by atoms with Gasteiger partial charge in [-0.1, -0.05) is 168 Å². The van der Waals surface area contributed by atoms with Gasteiger partial charge in [-0.2, -0.15) is 0 Å². The molecular formula is C47H84N2O4+2. The van der Waals surface area contributed by atoms with Gasteiger partial charge < -0.3 is 19.7 Å². The van der Waals surface area contributed by atoms with Crippen LogP contribution in [0.25, 0.3) is 0 Å². The fourth-order valence-corrected chi connectivity index (χ4v) is 7.17. The first-order valence-electron chi connectivity index (χ1n) is 22.6. The Morgan fingerprint density at radius 3 is 1.00 bits per heavy atom. The van der Waals surface area contributed by atoms with Crippen molar-refractivity contribution >= 4 is 0 Å². The Labute approximate surface area is 327 Å². The number of ether oxygens (including phenoxy) is 2. The minimum Gasteiger partial charge on any atom is -0.487 e. The van der Waals surface area contributed by atoms with Crippen LogP contribution < -0.4 is 18.6 Å². The maximum absolute atomic E-state index is 10.3. The number of aryl methyl sites for hydroxylation is 2. The van der Waals surface area contributed by atoms with Crippen molar-refractivity contribution in [3.63, 3.8) is 0 Å². The average Bonchev–Trinajstić information content (AvgIpc) is 3.19. The summed E-state index contributed by atoms with van der Waals surface area (Å²) in [5, 5.41) is 20.6. The Morgan fingerprint density at radius 2 is 0.717 bits per heavy atom. The van der Waals surface area contributed by atoms with Crippen LogP contribution in [0.1, 0.15) is 194 Å². The molecule has 0 unspecified atom stereocenters. The highest BCUT2D eigenvalue weighted by Crippen LogP contribution is 2.21. The molecule has 2 N–H and O–H groups in total. The van der Waals surface area contributed by atoms with Crippen molar-refractivity contribution in [1.82, 2.24) is 0 Å². The van der Waals surface area contributed by atoms with Crippen molar-refractivity contribution in [2.24, 2.45) is 5.41 Å². The third-order valence-corrected chi connectivity index (χ3v) is 11.0. The molecule has 53 heavy (non-hydrogen) atoms. The van der Waals surface area contributed by atoms with Crippen molar-refractivity contribution < 1.29 is 28.8 Å². The molecule has 2 rings (SSSR count). The highest BCUT2D eigenvalue weighted by molar-refractivity contribution is 5.14. The third kappa shape index (κ3) is 24.8. The van der Waals surface area contributed by atoms with E-state index in [0.29, 0.717) is 0 Å². The van der Waals surface area contributed by atoms with Crippen LogP contribution in [0.5, 0.6) is 11.5 Å². The zero-order chi connectivity index (χ0) is 37.9. The van der Waals surface area contributed by atoms with Gasteiger partial charge in [-0.25, -0.2) is 9.13 Å². The van der Waals surface area contributed by atoms with E-state index in [0.717, 1.165) is 37.4 Å². The molecule has 0 aliphatic carbocycles. The topological polar surface area (TPSA) is 66.7 Å². The lowest BCUT2D eigenvalue weighted by Crippen LogP contribution is -2.42. The van der Waals surface area contributed by atoms with Crippen LogP contribution in [-0.2, 0) is 13.1 Å². The second-order valence-electron chi connectivity index (χ2n) is 16.1. The summed E-state index contributed by atoms with van der Waals surface area (Å²) in [7, 11) is 0. The average molecular weight is 741 g/mol. The van der Waals surface area contributed by atoms with E-state index in [4.69, 9.17) is 9.47 Å². The van der Waals surface area contributed by atoms with Gasteiger partial charge in [-0.3, -0.25) is 0 Å². The molecule has 0 aliphatic rings. The lowest BCUT2D eigenvalue weighted by molar-refractivity contribution is -0.697. The first kappa shape index (κ1) is 47.0. The molecule has 0 bridgehead atoms. The molecule has 0 fully saturated rings. The lowest BCUT2D eigenvalue weighted by atomic mass is 9.92. The van der Waals surface area contributed by atoms with Crippen LogP contribution in [0.2, 0.25) is 0 Å². The molecule has 0 spiro atoms. The van der Waals surface area contributed by atoms with E-state index in [1.807, 2.05) is 36.7 Å². The van der Waals surface area contributed by atoms with Gasteiger partial charge in [-0.05, 0) is 25.0 Å². The monoisotopic (exact) mass is 741 g/mol. The molecule has 0 amide bonds. The summed E-state index contributed by atoms with van der Waals surface area (Å²) in [4.78, 5) is 0. The normalized spacial score (nSPS) is 11.7. The molecule has 0 saturated carbocycles. The Bertz CT molecular complexity index is 1010. The van der Waals surface area contributed by atoms with Crippen LogP contribution in [-0.4, -0.2) is 36.6 Å². The molecule has 2 aromatic heterocycles. The van der Waals surface area contributed by atoms with Gasteiger partial charge in [0.1, 0.15) is 26.3 Å². The van der Waals surface area contributed by atoms with Gasteiger partial charge in [-0.15, -0.1) is 0 Å². The standard InChI is InChI=1S/C47H84N2O4/c1-3-5-7-9-11-13-15-17-19-21-23-25-27-29-35-48-37-31-33-45(39-48)52-43-47(41-50,42-51)44-53-46-34-32-38-49(40-46)36-30-28-26-24-22-20-18-16-14-12-10-8-6-4-2/h31-34,37-40,50-51H,3-30,35-36,41-44H2,1-2H3/q+2. The number of nitrogens with zero attached hydrogens (tertiary/aromatic N) is 2. The number of hydrogen-bond acceptors (Lipinski definition) is 4. The van der Waals surface area contributed by atoms with E-state index < -0.39 is 5.41 Å². The largest absolute Gasteiger partial charge is 0.487 e. The molecule has 0 aliphatic heterocycles. The first-order valence-corrected chi connectivity index (χ1v) is 22.6.